The molecule has 0 unspecified atom stereocenters. The maximum atomic E-state index is 5.89. The summed E-state index contributed by atoms with van der Waals surface area (Å²) in [5.74, 6) is 0.817. The lowest BCUT2D eigenvalue weighted by Crippen LogP contribution is -1.92. The molecule has 0 atom stereocenters. The van der Waals surface area contributed by atoms with Gasteiger partial charge in [-0.15, -0.1) is 0 Å². The summed E-state index contributed by atoms with van der Waals surface area (Å²) in [5, 5.41) is 1.31. The van der Waals surface area contributed by atoms with Crippen LogP contribution in [0.4, 0.5) is 0 Å². The SMILES string of the molecule is Cn1c(Cl)cnc1-c1cccc(Cl)c1. The van der Waals surface area contributed by atoms with E-state index in [2.05, 4.69) is 4.98 Å². The highest BCUT2D eigenvalue weighted by molar-refractivity contribution is 6.31. The number of imidazole rings is 1. The average molecular weight is 227 g/mol. The van der Waals surface area contributed by atoms with Gasteiger partial charge in [-0.25, -0.2) is 4.98 Å². The molecule has 1 aromatic carbocycles. The Morgan fingerprint density at radius 1 is 1.29 bits per heavy atom. The van der Waals surface area contributed by atoms with E-state index in [0.717, 1.165) is 11.4 Å². The van der Waals surface area contributed by atoms with Crippen molar-refractivity contribution in [3.8, 4) is 11.4 Å². The minimum absolute atomic E-state index is 0.611. The van der Waals surface area contributed by atoms with Crippen LogP contribution in [-0.4, -0.2) is 9.55 Å². The van der Waals surface area contributed by atoms with Crippen molar-refractivity contribution in [1.29, 1.82) is 0 Å². The smallest absolute Gasteiger partial charge is 0.140 e. The summed E-state index contributed by atoms with van der Waals surface area (Å²) in [5.41, 5.74) is 0.965. The molecule has 14 heavy (non-hydrogen) atoms. The van der Waals surface area contributed by atoms with Gasteiger partial charge >= 0.3 is 0 Å². The number of benzene rings is 1. The Hall–Kier alpha value is -0.990. The summed E-state index contributed by atoms with van der Waals surface area (Å²) < 4.78 is 1.81. The van der Waals surface area contributed by atoms with E-state index in [1.54, 1.807) is 6.20 Å². The van der Waals surface area contributed by atoms with Gasteiger partial charge in [0.15, 0.2) is 0 Å². The van der Waals surface area contributed by atoms with E-state index < -0.39 is 0 Å². The fourth-order valence-electron chi connectivity index (χ4n) is 1.28. The van der Waals surface area contributed by atoms with Crippen molar-refractivity contribution in [2.24, 2.45) is 7.05 Å². The van der Waals surface area contributed by atoms with Crippen molar-refractivity contribution in [2.75, 3.05) is 0 Å². The number of hydrogen-bond donors (Lipinski definition) is 0. The summed E-state index contributed by atoms with van der Waals surface area (Å²) in [4.78, 5) is 4.20. The molecule has 2 aromatic rings. The van der Waals surface area contributed by atoms with Crippen molar-refractivity contribution in [1.82, 2.24) is 9.55 Å². The lowest BCUT2D eigenvalue weighted by atomic mass is 10.2. The van der Waals surface area contributed by atoms with Gasteiger partial charge in [0.25, 0.3) is 0 Å². The average Bonchev–Trinajstić information content (AvgIpc) is 2.48. The maximum absolute atomic E-state index is 5.89. The van der Waals surface area contributed by atoms with Gasteiger partial charge < -0.3 is 4.57 Å². The van der Waals surface area contributed by atoms with E-state index in [1.165, 1.54) is 0 Å². The molecule has 1 heterocycles. The second-order valence-corrected chi connectivity index (χ2v) is 3.80. The molecule has 0 radical (unpaired) electrons. The number of aromatic nitrogens is 2. The molecule has 0 N–H and O–H groups in total. The maximum Gasteiger partial charge on any atom is 0.140 e. The van der Waals surface area contributed by atoms with Crippen molar-refractivity contribution in [3.63, 3.8) is 0 Å². The van der Waals surface area contributed by atoms with Crippen LogP contribution in [0, 0.1) is 0 Å². The Bertz CT molecular complexity index is 463. The van der Waals surface area contributed by atoms with Gasteiger partial charge in [-0.2, -0.15) is 0 Å². The van der Waals surface area contributed by atoms with Gasteiger partial charge in [-0.05, 0) is 12.1 Å². The summed E-state index contributed by atoms with van der Waals surface area (Å²) in [7, 11) is 1.87. The summed E-state index contributed by atoms with van der Waals surface area (Å²) in [6, 6.07) is 7.53. The highest BCUT2D eigenvalue weighted by atomic mass is 35.5. The largest absolute Gasteiger partial charge is 0.318 e. The molecular formula is C10H8Cl2N2. The molecular weight excluding hydrogens is 219 g/mol. The van der Waals surface area contributed by atoms with Crippen molar-refractivity contribution in [2.45, 2.75) is 0 Å². The van der Waals surface area contributed by atoms with E-state index in [-0.39, 0.29) is 0 Å². The minimum Gasteiger partial charge on any atom is -0.318 e. The first-order valence-corrected chi connectivity index (χ1v) is 4.87. The van der Waals surface area contributed by atoms with Crippen LogP contribution in [0.1, 0.15) is 0 Å². The summed E-state index contributed by atoms with van der Waals surface area (Å²) >= 11 is 11.8. The molecule has 72 valence electrons. The minimum atomic E-state index is 0.611. The molecule has 0 aliphatic heterocycles. The van der Waals surface area contributed by atoms with Gasteiger partial charge in [0.1, 0.15) is 11.0 Å². The normalized spacial score (nSPS) is 10.5. The highest BCUT2D eigenvalue weighted by Gasteiger charge is 2.06. The first-order valence-electron chi connectivity index (χ1n) is 4.11. The molecule has 0 aliphatic carbocycles. The first kappa shape index (κ1) is 9.56. The van der Waals surface area contributed by atoms with E-state index in [0.29, 0.717) is 10.2 Å². The van der Waals surface area contributed by atoms with Gasteiger partial charge in [0.2, 0.25) is 0 Å². The second-order valence-electron chi connectivity index (χ2n) is 2.97. The fraction of sp³-hybridized carbons (Fsp3) is 0.100. The summed E-state index contributed by atoms with van der Waals surface area (Å²) in [6.07, 6.45) is 1.62. The van der Waals surface area contributed by atoms with Gasteiger partial charge in [-0.1, -0.05) is 35.3 Å². The molecule has 4 heteroatoms. The Kier molecular flexibility index (Phi) is 2.48. The third-order valence-electron chi connectivity index (χ3n) is 2.01. The molecule has 1 aromatic heterocycles. The zero-order valence-corrected chi connectivity index (χ0v) is 9.05. The molecule has 0 fully saturated rings. The van der Waals surface area contributed by atoms with Crippen LogP contribution in [0.15, 0.2) is 30.5 Å². The predicted octanol–water partition coefficient (Wildman–Crippen LogP) is 3.39. The third kappa shape index (κ3) is 1.63. The summed E-state index contributed by atoms with van der Waals surface area (Å²) in [6.45, 7) is 0. The number of nitrogens with zero attached hydrogens (tertiary/aromatic N) is 2. The van der Waals surface area contributed by atoms with Crippen LogP contribution in [0.5, 0.6) is 0 Å². The monoisotopic (exact) mass is 226 g/mol. The molecule has 0 saturated carbocycles. The van der Waals surface area contributed by atoms with Crippen LogP contribution in [0.25, 0.3) is 11.4 Å². The van der Waals surface area contributed by atoms with Gasteiger partial charge in [0.05, 0.1) is 6.20 Å². The van der Waals surface area contributed by atoms with Crippen LogP contribution in [0.2, 0.25) is 10.2 Å². The zero-order valence-electron chi connectivity index (χ0n) is 7.54. The van der Waals surface area contributed by atoms with E-state index in [9.17, 15) is 0 Å². The van der Waals surface area contributed by atoms with E-state index >= 15 is 0 Å². The fourth-order valence-corrected chi connectivity index (χ4v) is 1.60. The first-order chi connectivity index (χ1) is 6.68. The van der Waals surface area contributed by atoms with E-state index in [4.69, 9.17) is 23.2 Å². The Morgan fingerprint density at radius 2 is 2.07 bits per heavy atom. The zero-order chi connectivity index (χ0) is 10.1. The van der Waals surface area contributed by atoms with Crippen LogP contribution < -0.4 is 0 Å². The van der Waals surface area contributed by atoms with E-state index in [1.807, 2.05) is 35.9 Å². The lowest BCUT2D eigenvalue weighted by molar-refractivity contribution is 0.926. The van der Waals surface area contributed by atoms with Crippen LogP contribution >= 0.6 is 23.2 Å². The third-order valence-corrected chi connectivity index (χ3v) is 2.60. The van der Waals surface area contributed by atoms with Crippen molar-refractivity contribution >= 4 is 23.2 Å². The topological polar surface area (TPSA) is 17.8 Å². The number of hydrogen-bond acceptors (Lipinski definition) is 1. The second kappa shape index (κ2) is 3.64. The highest BCUT2D eigenvalue weighted by Crippen LogP contribution is 2.23. The Labute approximate surface area is 92.1 Å². The molecule has 0 bridgehead atoms. The lowest BCUT2D eigenvalue weighted by Gasteiger charge is -2.02. The molecule has 2 rings (SSSR count). The van der Waals surface area contributed by atoms with Crippen molar-refractivity contribution in [3.05, 3.63) is 40.6 Å². The Balaban J connectivity index is 2.55. The van der Waals surface area contributed by atoms with Crippen LogP contribution in [0.3, 0.4) is 0 Å². The van der Waals surface area contributed by atoms with Crippen molar-refractivity contribution < 1.29 is 0 Å². The van der Waals surface area contributed by atoms with Gasteiger partial charge in [-0.3, -0.25) is 0 Å². The molecule has 2 nitrogen and oxygen atoms in total. The predicted molar refractivity (Wildman–Crippen MR) is 58.7 cm³/mol. The number of rotatable bonds is 1. The molecule has 0 amide bonds. The molecule has 0 saturated heterocycles. The molecule has 0 spiro atoms. The van der Waals surface area contributed by atoms with Crippen LogP contribution in [-0.2, 0) is 7.05 Å². The number of halogens is 2. The standard InChI is InChI=1S/C10H8Cl2N2/c1-14-9(12)6-13-10(14)7-3-2-4-8(11)5-7/h2-6H,1H3. The quantitative estimate of drug-likeness (QED) is 0.730. The molecule has 0 aliphatic rings. The Morgan fingerprint density at radius 3 is 2.64 bits per heavy atom. The van der Waals surface area contributed by atoms with Gasteiger partial charge in [0, 0.05) is 17.6 Å².